The van der Waals surface area contributed by atoms with E-state index in [1.165, 1.54) is 12.1 Å². The number of rotatable bonds is 10. The zero-order valence-electron chi connectivity index (χ0n) is 30.2. The van der Waals surface area contributed by atoms with Crippen molar-refractivity contribution in [3.05, 3.63) is 41.2 Å². The van der Waals surface area contributed by atoms with Gasteiger partial charge in [-0.05, 0) is 96.5 Å². The van der Waals surface area contributed by atoms with Gasteiger partial charge in [0.25, 0.3) is 5.91 Å². The summed E-state index contributed by atoms with van der Waals surface area (Å²) in [5.41, 5.74) is 0.383. The van der Waals surface area contributed by atoms with Crippen LogP contribution in [0.3, 0.4) is 0 Å². The third-order valence-corrected chi connectivity index (χ3v) is 11.7. The van der Waals surface area contributed by atoms with E-state index < -0.39 is 5.82 Å². The van der Waals surface area contributed by atoms with Gasteiger partial charge in [0.1, 0.15) is 11.6 Å². The number of urea groups is 1. The molecule has 13 heteroatoms. The Labute approximate surface area is 295 Å². The monoisotopic (exact) mass is 695 g/mol. The Morgan fingerprint density at radius 1 is 1.10 bits per heavy atom. The molecule has 0 bridgehead atoms. The second-order valence-corrected chi connectivity index (χ2v) is 15.7. The lowest BCUT2D eigenvalue weighted by Crippen LogP contribution is -2.60. The summed E-state index contributed by atoms with van der Waals surface area (Å²) in [5.74, 6) is 1.77. The molecule has 5 fully saturated rings. The van der Waals surface area contributed by atoms with Crippen molar-refractivity contribution in [3.63, 3.8) is 0 Å². The highest BCUT2D eigenvalue weighted by Gasteiger charge is 2.48. The summed E-state index contributed by atoms with van der Waals surface area (Å²) in [4.78, 5) is 41.4. The molecule has 3 amide bonds. The first-order valence-corrected chi connectivity index (χ1v) is 18.6. The molecule has 0 atom stereocenters. The number of nitrogens with one attached hydrogen (secondary N) is 1. The summed E-state index contributed by atoms with van der Waals surface area (Å²) in [6.07, 6.45) is 8.16. The SMILES string of the molecule is CCN(C(=O)c1cc(F)ccc1OC1=C(N2CC3(CCN(CC4CCC5(CC4)CN(CC4OCCO4)C(=O)N5)CC3)C2)N=CN(C)C1)C(C)C. The van der Waals surface area contributed by atoms with E-state index in [0.717, 1.165) is 83.6 Å². The van der Waals surface area contributed by atoms with Gasteiger partial charge in [0.15, 0.2) is 17.9 Å². The first kappa shape index (κ1) is 35.0. The average molecular weight is 696 g/mol. The van der Waals surface area contributed by atoms with Crippen LogP contribution in [0.25, 0.3) is 0 Å². The van der Waals surface area contributed by atoms with Gasteiger partial charge >= 0.3 is 6.03 Å². The molecule has 1 aliphatic carbocycles. The zero-order chi connectivity index (χ0) is 35.0. The fraction of sp³-hybridized carbons (Fsp3) is 0.703. The van der Waals surface area contributed by atoms with Crippen molar-refractivity contribution < 1.29 is 28.2 Å². The molecular formula is C37H54FN7O5. The predicted molar refractivity (Wildman–Crippen MR) is 187 cm³/mol. The number of likely N-dealkylation sites (N-methyl/N-ethyl adjacent to an activating group) is 1. The minimum absolute atomic E-state index is 0.0130. The highest BCUT2D eigenvalue weighted by molar-refractivity contribution is 5.97. The molecule has 5 heterocycles. The summed E-state index contributed by atoms with van der Waals surface area (Å²) >= 11 is 0. The lowest BCUT2D eigenvalue weighted by atomic mass is 9.71. The van der Waals surface area contributed by atoms with Crippen LogP contribution >= 0.6 is 0 Å². The molecule has 5 aliphatic heterocycles. The second kappa shape index (κ2) is 14.3. The zero-order valence-corrected chi connectivity index (χ0v) is 30.2. The summed E-state index contributed by atoms with van der Waals surface area (Å²) in [7, 11) is 1.94. The van der Waals surface area contributed by atoms with Gasteiger partial charge in [-0.25, -0.2) is 14.2 Å². The minimum atomic E-state index is -0.466. The average Bonchev–Trinajstić information content (AvgIpc) is 3.70. The predicted octanol–water partition coefficient (Wildman–Crippen LogP) is 3.94. The number of piperidine rings is 1. The normalized spacial score (nSPS) is 27.1. The van der Waals surface area contributed by atoms with E-state index in [0.29, 0.717) is 50.3 Å². The first-order valence-electron chi connectivity index (χ1n) is 18.6. The van der Waals surface area contributed by atoms with Gasteiger partial charge in [0, 0.05) is 51.2 Å². The fourth-order valence-corrected chi connectivity index (χ4v) is 8.81. The van der Waals surface area contributed by atoms with E-state index in [1.807, 2.05) is 44.0 Å². The van der Waals surface area contributed by atoms with E-state index in [9.17, 15) is 14.0 Å². The van der Waals surface area contributed by atoms with Crippen molar-refractivity contribution in [2.45, 2.75) is 77.2 Å². The number of carbonyl (C=O) groups is 2. The van der Waals surface area contributed by atoms with Crippen LogP contribution in [0.15, 0.2) is 34.8 Å². The number of nitrogens with zero attached hydrogens (tertiary/aromatic N) is 6. The maximum Gasteiger partial charge on any atom is 0.318 e. The maximum atomic E-state index is 14.4. The van der Waals surface area contributed by atoms with Gasteiger partial charge in [-0.3, -0.25) is 4.79 Å². The molecule has 50 heavy (non-hydrogen) atoms. The molecule has 6 aliphatic rings. The van der Waals surface area contributed by atoms with Crippen LogP contribution in [-0.2, 0) is 9.47 Å². The van der Waals surface area contributed by atoms with Crippen molar-refractivity contribution in [2.75, 3.05) is 79.2 Å². The fourth-order valence-electron chi connectivity index (χ4n) is 8.81. The number of benzene rings is 1. The number of hydrogen-bond donors (Lipinski definition) is 1. The van der Waals surface area contributed by atoms with Crippen LogP contribution < -0.4 is 10.1 Å². The summed E-state index contributed by atoms with van der Waals surface area (Å²) < 4.78 is 32.0. The molecule has 1 saturated carbocycles. The quantitative estimate of drug-likeness (QED) is 0.393. The van der Waals surface area contributed by atoms with Crippen LogP contribution in [0.5, 0.6) is 5.75 Å². The van der Waals surface area contributed by atoms with E-state index in [1.54, 1.807) is 11.0 Å². The maximum absolute atomic E-state index is 14.4. The Kier molecular flexibility index (Phi) is 10.0. The number of amides is 3. The van der Waals surface area contributed by atoms with Crippen molar-refractivity contribution in [1.82, 2.24) is 29.8 Å². The van der Waals surface area contributed by atoms with Gasteiger partial charge in [-0.15, -0.1) is 0 Å². The van der Waals surface area contributed by atoms with Gasteiger partial charge < -0.3 is 44.0 Å². The number of hydrogen-bond acceptors (Lipinski definition) is 9. The minimum Gasteiger partial charge on any atom is -0.455 e. The van der Waals surface area contributed by atoms with Crippen molar-refractivity contribution >= 4 is 18.3 Å². The lowest BCUT2D eigenvalue weighted by Gasteiger charge is -2.55. The van der Waals surface area contributed by atoms with Crippen LogP contribution in [-0.4, -0.2) is 140 Å². The molecule has 1 aromatic carbocycles. The standard InChI is InChI=1S/C37H54FN7O5/c1-5-45(26(2)3)34(46)29-18-28(38)6-7-30(29)50-31-20-41(4)25-39-33(31)44-22-36(23-44)12-14-42(15-13-36)19-27-8-10-37(11-9-27)24-43(35(47)40-37)21-32-48-16-17-49-32/h6-7,18,25-27,32H,5,8-17,19-24H2,1-4H3,(H,40,47). The molecule has 2 spiro atoms. The smallest absolute Gasteiger partial charge is 0.318 e. The first-order chi connectivity index (χ1) is 24.0. The van der Waals surface area contributed by atoms with Crippen molar-refractivity contribution in [3.8, 4) is 5.75 Å². The Morgan fingerprint density at radius 2 is 1.82 bits per heavy atom. The Balaban J connectivity index is 0.918. The summed E-state index contributed by atoms with van der Waals surface area (Å²) in [6, 6.07) is 4.17. The van der Waals surface area contributed by atoms with Gasteiger partial charge in [0.05, 0.1) is 43.7 Å². The number of aliphatic imine (C=N–C) groups is 1. The molecule has 7 rings (SSSR count). The van der Waals surface area contributed by atoms with E-state index >= 15 is 0 Å². The molecule has 1 aromatic rings. The molecule has 12 nitrogen and oxygen atoms in total. The van der Waals surface area contributed by atoms with Gasteiger partial charge in [-0.2, -0.15) is 0 Å². The number of halogens is 1. The Morgan fingerprint density at radius 3 is 2.50 bits per heavy atom. The van der Waals surface area contributed by atoms with E-state index in [2.05, 4.69) is 15.1 Å². The third kappa shape index (κ3) is 7.32. The molecule has 1 N–H and O–H groups in total. The van der Waals surface area contributed by atoms with Crippen molar-refractivity contribution in [1.29, 1.82) is 0 Å². The largest absolute Gasteiger partial charge is 0.455 e. The molecule has 0 unspecified atom stereocenters. The highest BCUT2D eigenvalue weighted by Crippen LogP contribution is 2.44. The molecule has 0 aromatic heterocycles. The van der Waals surface area contributed by atoms with Gasteiger partial charge in [0.2, 0.25) is 0 Å². The number of ether oxygens (including phenoxy) is 3. The van der Waals surface area contributed by atoms with E-state index in [4.69, 9.17) is 19.2 Å². The van der Waals surface area contributed by atoms with Crippen molar-refractivity contribution in [2.24, 2.45) is 16.3 Å². The Bertz CT molecular complexity index is 1470. The number of likely N-dealkylation sites (tertiary alicyclic amines) is 2. The number of carbonyl (C=O) groups excluding carboxylic acids is 2. The topological polar surface area (TPSA) is 102 Å². The van der Waals surface area contributed by atoms with Gasteiger partial charge in [-0.1, -0.05) is 0 Å². The van der Waals surface area contributed by atoms with E-state index in [-0.39, 0.29) is 40.8 Å². The second-order valence-electron chi connectivity index (χ2n) is 15.7. The summed E-state index contributed by atoms with van der Waals surface area (Å²) in [5, 5.41) is 3.31. The Hall–Kier alpha value is -3.42. The lowest BCUT2D eigenvalue weighted by molar-refractivity contribution is -0.0545. The molecular weight excluding hydrogens is 641 g/mol. The van der Waals surface area contributed by atoms with Crippen LogP contribution in [0, 0.1) is 17.2 Å². The van der Waals surface area contributed by atoms with Crippen LogP contribution in [0.4, 0.5) is 9.18 Å². The van der Waals surface area contributed by atoms with Crippen LogP contribution in [0.2, 0.25) is 0 Å². The molecule has 274 valence electrons. The summed E-state index contributed by atoms with van der Waals surface area (Å²) in [6.45, 7) is 14.5. The third-order valence-electron chi connectivity index (χ3n) is 11.7. The molecule has 4 saturated heterocycles. The highest BCUT2D eigenvalue weighted by atomic mass is 19.1. The van der Waals surface area contributed by atoms with Crippen LogP contribution in [0.1, 0.15) is 69.7 Å². The molecule has 0 radical (unpaired) electrons.